The minimum absolute atomic E-state index is 0. The molecule has 0 aliphatic heterocycles. The third kappa shape index (κ3) is 6.68. The van der Waals surface area contributed by atoms with Crippen molar-refractivity contribution in [3.8, 4) is 0 Å². The first-order valence-corrected chi connectivity index (χ1v) is 11.1. The lowest BCUT2D eigenvalue weighted by molar-refractivity contribution is -0.786. The maximum Gasteiger partial charge on any atom is 0.292 e. The fourth-order valence-electron chi connectivity index (χ4n) is 3.45. The summed E-state index contributed by atoms with van der Waals surface area (Å²) in [5.41, 5.74) is 5.57. The lowest BCUT2D eigenvalue weighted by Crippen LogP contribution is -3.00. The van der Waals surface area contributed by atoms with Crippen LogP contribution in [0.15, 0.2) is 114 Å². The third-order valence-corrected chi connectivity index (χ3v) is 5.62. The molecule has 0 saturated heterocycles. The first kappa shape index (κ1) is 26.6. The molecule has 0 aliphatic carbocycles. The molecule has 0 bridgehead atoms. The summed E-state index contributed by atoms with van der Waals surface area (Å²) >= 11 is 3.53. The molecular weight excluding hydrogens is 517 g/mol. The number of rotatable bonds is 5. The number of halogens is 3. The number of amidine groups is 1. The molecule has 0 atom stereocenters. The Morgan fingerprint density at radius 1 is 0.667 bits per heavy atom. The summed E-state index contributed by atoms with van der Waals surface area (Å²) in [4.78, 5) is 1.30. The highest BCUT2D eigenvalue weighted by atomic mass is 79.9. The monoisotopic (exact) mass is 541 g/mol. The first-order chi connectivity index (χ1) is 15.1. The van der Waals surface area contributed by atoms with Crippen LogP contribution in [0.25, 0.3) is 0 Å². The van der Waals surface area contributed by atoms with Gasteiger partial charge < -0.3 is 29.7 Å². The zero-order valence-electron chi connectivity index (χ0n) is 18.5. The number of hydrogen-bond acceptors (Lipinski definition) is 0. The van der Waals surface area contributed by atoms with Crippen molar-refractivity contribution in [3.63, 3.8) is 0 Å². The molecule has 0 fully saturated rings. The highest BCUT2D eigenvalue weighted by Crippen LogP contribution is 2.24. The van der Waals surface area contributed by atoms with Crippen LogP contribution in [-0.2, 0) is 0 Å². The maximum atomic E-state index is 3.68. The van der Waals surface area contributed by atoms with Crippen molar-refractivity contribution in [3.05, 3.63) is 119 Å². The molecule has 0 radical (unpaired) electrons. The van der Waals surface area contributed by atoms with Crippen LogP contribution >= 0.6 is 15.9 Å². The van der Waals surface area contributed by atoms with Crippen molar-refractivity contribution in [1.29, 1.82) is 0 Å². The van der Waals surface area contributed by atoms with E-state index >= 15 is 0 Å². The predicted octanol–water partition coefficient (Wildman–Crippen LogP) is -0.373. The Kier molecular flexibility index (Phi) is 10.1. The van der Waals surface area contributed by atoms with E-state index < -0.39 is 0 Å². The minimum Gasteiger partial charge on any atom is -1.00 e. The zero-order chi connectivity index (χ0) is 21.6. The summed E-state index contributed by atoms with van der Waals surface area (Å²) in [6, 6.07) is 37.9. The number of quaternary nitrogens is 1. The average Bonchev–Trinajstić information content (AvgIpc) is 2.81. The highest BCUT2D eigenvalue weighted by Gasteiger charge is 2.21. The van der Waals surface area contributed by atoms with Gasteiger partial charge in [0, 0.05) is 4.47 Å². The Morgan fingerprint density at radius 2 is 1.15 bits per heavy atom. The number of para-hydroxylation sites is 2. The minimum atomic E-state index is 0. The number of hydrogen-bond donors (Lipinski definition) is 2. The van der Waals surface area contributed by atoms with E-state index in [0.717, 1.165) is 32.9 Å². The Labute approximate surface area is 216 Å². The van der Waals surface area contributed by atoms with Crippen LogP contribution in [0.3, 0.4) is 0 Å². The van der Waals surface area contributed by atoms with Crippen LogP contribution in [0.4, 0.5) is 22.7 Å². The summed E-state index contributed by atoms with van der Waals surface area (Å²) in [5, 5.41) is 3.68. The van der Waals surface area contributed by atoms with Crippen molar-refractivity contribution in [1.82, 2.24) is 4.58 Å². The van der Waals surface area contributed by atoms with Gasteiger partial charge in [-0.05, 0) is 72.8 Å². The smallest absolute Gasteiger partial charge is 0.292 e. The van der Waals surface area contributed by atoms with Crippen LogP contribution in [-0.4, -0.2) is 19.9 Å². The van der Waals surface area contributed by atoms with Crippen molar-refractivity contribution < 1.29 is 29.7 Å². The van der Waals surface area contributed by atoms with E-state index in [1.807, 2.05) is 24.3 Å². The van der Waals surface area contributed by atoms with Crippen LogP contribution in [0.5, 0.6) is 0 Å². The molecule has 4 aromatic carbocycles. The number of nitrogens with one attached hydrogen (secondary N) is 2. The maximum absolute atomic E-state index is 3.68. The molecule has 170 valence electrons. The molecule has 4 rings (SSSR count). The van der Waals surface area contributed by atoms with Crippen LogP contribution in [0.2, 0.25) is 0 Å². The fourth-order valence-corrected chi connectivity index (χ4v) is 3.71. The van der Waals surface area contributed by atoms with E-state index in [1.165, 1.54) is 10.6 Å². The molecule has 6 heteroatoms. The Bertz CT molecular complexity index is 1120. The number of nitrogens with zero attached hydrogens (tertiary/aromatic N) is 1. The van der Waals surface area contributed by atoms with Gasteiger partial charge in [0.1, 0.15) is 22.7 Å². The van der Waals surface area contributed by atoms with E-state index in [9.17, 15) is 0 Å². The molecule has 33 heavy (non-hydrogen) atoms. The topological polar surface area (TPSA) is 19.5 Å². The van der Waals surface area contributed by atoms with Crippen LogP contribution < -0.4 is 39.6 Å². The SMILES string of the molecule is C[NH+](C)c1ccc(C(Nc2ccc(Br)cc2)=[N+](c2ccccc2)c2ccccc2)cc1.[Cl-].[Cl-]. The van der Waals surface area contributed by atoms with E-state index in [0.29, 0.717) is 0 Å². The molecule has 0 saturated carbocycles. The van der Waals surface area contributed by atoms with E-state index in [4.69, 9.17) is 0 Å². The van der Waals surface area contributed by atoms with Gasteiger partial charge in [0.25, 0.3) is 5.84 Å². The Hall–Kier alpha value is -2.63. The van der Waals surface area contributed by atoms with Gasteiger partial charge in [-0.1, -0.05) is 52.3 Å². The summed E-state index contributed by atoms with van der Waals surface area (Å²) in [6.07, 6.45) is 0. The van der Waals surface area contributed by atoms with Gasteiger partial charge in [-0.2, -0.15) is 4.58 Å². The second-order valence-electron chi connectivity index (χ2n) is 7.56. The van der Waals surface area contributed by atoms with Gasteiger partial charge in [-0.25, -0.2) is 5.32 Å². The largest absolute Gasteiger partial charge is 1.00 e. The number of benzene rings is 4. The molecule has 0 aliphatic rings. The molecule has 0 aromatic heterocycles. The normalized spacial score (nSPS) is 10.1. The van der Waals surface area contributed by atoms with E-state index in [1.54, 1.807) is 0 Å². The highest BCUT2D eigenvalue weighted by molar-refractivity contribution is 9.10. The molecule has 0 unspecified atom stereocenters. The van der Waals surface area contributed by atoms with E-state index in [2.05, 4.69) is 125 Å². The van der Waals surface area contributed by atoms with Crippen molar-refractivity contribution in [2.24, 2.45) is 0 Å². The second-order valence-corrected chi connectivity index (χ2v) is 8.48. The quantitative estimate of drug-likeness (QED) is 0.200. The Balaban J connectivity index is 0.00000193. The van der Waals surface area contributed by atoms with E-state index in [-0.39, 0.29) is 24.8 Å². The van der Waals surface area contributed by atoms with Crippen LogP contribution in [0, 0.1) is 0 Å². The molecule has 0 spiro atoms. The molecule has 0 heterocycles. The number of anilines is 1. The zero-order valence-corrected chi connectivity index (χ0v) is 21.6. The van der Waals surface area contributed by atoms with Crippen molar-refractivity contribution in [2.45, 2.75) is 0 Å². The fraction of sp³-hybridized carbons (Fsp3) is 0.0741. The van der Waals surface area contributed by atoms with Crippen LogP contribution in [0.1, 0.15) is 5.56 Å². The van der Waals surface area contributed by atoms with Gasteiger partial charge in [0.15, 0.2) is 0 Å². The lowest BCUT2D eigenvalue weighted by atomic mass is 10.1. The molecule has 3 nitrogen and oxygen atoms in total. The molecular formula is C27H26BrCl2N3. The average molecular weight is 543 g/mol. The molecule has 0 amide bonds. The summed E-state index contributed by atoms with van der Waals surface area (Å²) < 4.78 is 3.32. The van der Waals surface area contributed by atoms with Gasteiger partial charge in [-0.15, -0.1) is 0 Å². The predicted molar refractivity (Wildman–Crippen MR) is 135 cm³/mol. The van der Waals surface area contributed by atoms with Crippen molar-refractivity contribution >= 4 is 44.5 Å². The van der Waals surface area contributed by atoms with Crippen molar-refractivity contribution in [2.75, 3.05) is 19.4 Å². The summed E-state index contributed by atoms with van der Waals surface area (Å²) in [7, 11) is 4.28. The first-order valence-electron chi connectivity index (χ1n) is 10.3. The van der Waals surface area contributed by atoms with Gasteiger partial charge >= 0.3 is 0 Å². The van der Waals surface area contributed by atoms with Gasteiger partial charge in [0.2, 0.25) is 0 Å². The standard InChI is InChI=1S/C27H24BrN3.2ClH/c1-30(2)24-19-13-21(14-20-24)27(29-23-17-15-22(28)16-18-23)31(25-9-5-3-6-10-25)26-11-7-4-8-12-26;;/h3-20H,1-2H3;2*1H. The van der Waals surface area contributed by atoms with Gasteiger partial charge in [-0.3, -0.25) is 0 Å². The summed E-state index contributed by atoms with van der Waals surface area (Å²) in [5.74, 6) is 1.00. The molecule has 2 N–H and O–H groups in total. The Morgan fingerprint density at radius 3 is 1.61 bits per heavy atom. The second kappa shape index (κ2) is 12.6. The van der Waals surface area contributed by atoms with Gasteiger partial charge in [0.05, 0.1) is 19.7 Å². The lowest BCUT2D eigenvalue weighted by Gasteiger charge is -2.14. The third-order valence-electron chi connectivity index (χ3n) is 5.10. The molecule has 4 aromatic rings. The summed E-state index contributed by atoms with van der Waals surface area (Å²) in [6.45, 7) is 0.